The second kappa shape index (κ2) is 8.52. The summed E-state index contributed by atoms with van der Waals surface area (Å²) < 4.78 is 39.6. The first-order valence-electron chi connectivity index (χ1n) is 7.69. The molecule has 0 heterocycles. The van der Waals surface area contributed by atoms with Crippen LogP contribution in [0.3, 0.4) is 0 Å². The van der Waals surface area contributed by atoms with Crippen LogP contribution in [0.15, 0.2) is 18.2 Å². The third-order valence-electron chi connectivity index (χ3n) is 3.52. The van der Waals surface area contributed by atoms with Crippen LogP contribution in [0.5, 0.6) is 11.5 Å². The van der Waals surface area contributed by atoms with Gasteiger partial charge in [0.1, 0.15) is 0 Å². The summed E-state index contributed by atoms with van der Waals surface area (Å²) in [6, 6.07) is 5.53. The zero-order chi connectivity index (χ0) is 17.6. The third kappa shape index (κ3) is 6.01. The van der Waals surface area contributed by atoms with E-state index in [0.29, 0.717) is 18.0 Å². The van der Waals surface area contributed by atoms with E-state index in [1.54, 1.807) is 28.1 Å². The molecule has 0 fully saturated rings. The summed E-state index contributed by atoms with van der Waals surface area (Å²) in [6.07, 6.45) is 0. The Balaban J connectivity index is 2.95. The van der Waals surface area contributed by atoms with Gasteiger partial charge in [-0.3, -0.25) is 0 Å². The zero-order valence-electron chi connectivity index (χ0n) is 14.7. The molecule has 2 N–H and O–H groups in total. The van der Waals surface area contributed by atoms with E-state index < -0.39 is 10.2 Å². The molecular formula is C16H28N2O4S. The fraction of sp³-hybridized carbons (Fsp3) is 0.625. The number of hydrogen-bond donors (Lipinski definition) is 2. The molecule has 1 atom stereocenters. The van der Waals surface area contributed by atoms with Gasteiger partial charge in [-0.1, -0.05) is 19.9 Å². The predicted octanol–water partition coefficient (Wildman–Crippen LogP) is 2.28. The molecule has 0 bridgehead atoms. The molecule has 0 amide bonds. The summed E-state index contributed by atoms with van der Waals surface area (Å²) in [5.41, 5.74) is 1.00. The van der Waals surface area contributed by atoms with Crippen molar-refractivity contribution in [3.8, 4) is 11.5 Å². The minimum Gasteiger partial charge on any atom is -0.493 e. The molecule has 23 heavy (non-hydrogen) atoms. The van der Waals surface area contributed by atoms with Crippen LogP contribution in [0.25, 0.3) is 0 Å². The number of ether oxygens (including phenoxy) is 2. The molecule has 132 valence electrons. The van der Waals surface area contributed by atoms with E-state index in [9.17, 15) is 8.42 Å². The molecule has 0 aromatic heterocycles. The van der Waals surface area contributed by atoms with E-state index in [1.807, 2.05) is 18.2 Å². The Morgan fingerprint density at radius 3 is 2.13 bits per heavy atom. The predicted molar refractivity (Wildman–Crippen MR) is 92.3 cm³/mol. The van der Waals surface area contributed by atoms with Crippen LogP contribution in [0, 0.1) is 5.92 Å². The van der Waals surface area contributed by atoms with Gasteiger partial charge in [0.25, 0.3) is 10.2 Å². The molecule has 1 rings (SSSR count). The molecule has 0 spiro atoms. The van der Waals surface area contributed by atoms with Gasteiger partial charge in [0, 0.05) is 12.6 Å². The highest BCUT2D eigenvalue weighted by atomic mass is 32.2. The standard InChI is InChI=1S/C16H28N2O4S/c1-11(2)14(10-17-23(19,20)18-12(3)4)13-7-8-15(21-5)16(9-13)22-6/h7-9,11-12,14,17-18H,10H2,1-6H3. The summed E-state index contributed by atoms with van der Waals surface area (Å²) in [6.45, 7) is 8.01. The molecule has 0 aliphatic carbocycles. The van der Waals surface area contributed by atoms with Gasteiger partial charge in [-0.15, -0.1) is 0 Å². The maximum absolute atomic E-state index is 12.0. The van der Waals surface area contributed by atoms with Crippen molar-refractivity contribution >= 4 is 10.2 Å². The Kier molecular flexibility index (Phi) is 7.31. The Hall–Kier alpha value is -1.31. The summed E-state index contributed by atoms with van der Waals surface area (Å²) in [5.74, 6) is 1.58. The first-order valence-corrected chi connectivity index (χ1v) is 9.17. The molecule has 0 aliphatic heterocycles. The van der Waals surface area contributed by atoms with E-state index in [4.69, 9.17) is 9.47 Å². The Bertz CT molecular complexity index is 600. The number of rotatable bonds is 9. The monoisotopic (exact) mass is 344 g/mol. The highest BCUT2D eigenvalue weighted by molar-refractivity contribution is 7.87. The molecular weight excluding hydrogens is 316 g/mol. The second-order valence-corrected chi connectivity index (χ2v) is 7.62. The minimum atomic E-state index is -3.50. The molecule has 0 saturated heterocycles. The van der Waals surface area contributed by atoms with Crippen LogP contribution in [0.1, 0.15) is 39.2 Å². The number of nitrogens with one attached hydrogen (secondary N) is 2. The third-order valence-corrected chi connectivity index (χ3v) is 4.85. The maximum atomic E-state index is 12.0. The van der Waals surface area contributed by atoms with Gasteiger partial charge in [-0.2, -0.15) is 13.1 Å². The highest BCUT2D eigenvalue weighted by Gasteiger charge is 2.21. The van der Waals surface area contributed by atoms with Crippen molar-refractivity contribution in [3.05, 3.63) is 23.8 Å². The fourth-order valence-corrected chi connectivity index (χ4v) is 3.48. The fourth-order valence-electron chi connectivity index (χ4n) is 2.37. The Morgan fingerprint density at radius 2 is 1.65 bits per heavy atom. The molecule has 0 aliphatic rings. The minimum absolute atomic E-state index is 0.0264. The van der Waals surface area contributed by atoms with Crippen molar-refractivity contribution in [2.45, 2.75) is 39.7 Å². The number of benzene rings is 1. The van der Waals surface area contributed by atoms with Crippen LogP contribution in [0.2, 0.25) is 0 Å². The van der Waals surface area contributed by atoms with Crippen molar-refractivity contribution < 1.29 is 17.9 Å². The topological polar surface area (TPSA) is 76.7 Å². The highest BCUT2D eigenvalue weighted by Crippen LogP contribution is 2.33. The summed E-state index contributed by atoms with van der Waals surface area (Å²) >= 11 is 0. The van der Waals surface area contributed by atoms with Gasteiger partial charge in [-0.05, 0) is 43.4 Å². The molecule has 6 nitrogen and oxygen atoms in total. The van der Waals surface area contributed by atoms with Crippen molar-refractivity contribution in [1.82, 2.24) is 9.44 Å². The van der Waals surface area contributed by atoms with Crippen LogP contribution in [-0.2, 0) is 10.2 Å². The molecule has 0 radical (unpaired) electrons. The van der Waals surface area contributed by atoms with Crippen molar-refractivity contribution in [3.63, 3.8) is 0 Å². The van der Waals surface area contributed by atoms with E-state index in [0.717, 1.165) is 5.56 Å². The number of hydrogen-bond acceptors (Lipinski definition) is 4. The lowest BCUT2D eigenvalue weighted by Crippen LogP contribution is -2.42. The second-order valence-electron chi connectivity index (χ2n) is 6.09. The van der Waals surface area contributed by atoms with Crippen molar-refractivity contribution in [2.75, 3.05) is 20.8 Å². The lowest BCUT2D eigenvalue weighted by Gasteiger charge is -2.23. The van der Waals surface area contributed by atoms with Gasteiger partial charge >= 0.3 is 0 Å². The summed E-state index contributed by atoms with van der Waals surface area (Å²) in [5, 5.41) is 0. The largest absolute Gasteiger partial charge is 0.493 e. The van der Waals surface area contributed by atoms with Gasteiger partial charge in [0.15, 0.2) is 11.5 Å². The summed E-state index contributed by atoms with van der Waals surface area (Å²) in [4.78, 5) is 0. The van der Waals surface area contributed by atoms with Crippen molar-refractivity contribution in [1.29, 1.82) is 0 Å². The first kappa shape index (κ1) is 19.7. The summed E-state index contributed by atoms with van der Waals surface area (Å²) in [7, 11) is -0.331. The normalized spacial score (nSPS) is 13.4. The number of methoxy groups -OCH3 is 2. The lowest BCUT2D eigenvalue weighted by molar-refractivity contribution is 0.353. The van der Waals surface area contributed by atoms with Crippen LogP contribution >= 0.6 is 0 Å². The lowest BCUT2D eigenvalue weighted by atomic mass is 9.88. The molecule has 1 aromatic rings. The van der Waals surface area contributed by atoms with Crippen LogP contribution < -0.4 is 18.9 Å². The van der Waals surface area contributed by atoms with Crippen LogP contribution in [0.4, 0.5) is 0 Å². The van der Waals surface area contributed by atoms with Crippen LogP contribution in [-0.4, -0.2) is 35.2 Å². The Morgan fingerprint density at radius 1 is 1.04 bits per heavy atom. The molecule has 7 heteroatoms. The zero-order valence-corrected chi connectivity index (χ0v) is 15.5. The van der Waals surface area contributed by atoms with Gasteiger partial charge < -0.3 is 9.47 Å². The van der Waals surface area contributed by atoms with E-state index in [-0.39, 0.29) is 17.9 Å². The Labute approximate surface area is 139 Å². The van der Waals surface area contributed by atoms with E-state index in [2.05, 4.69) is 23.3 Å². The molecule has 1 unspecified atom stereocenters. The molecule has 1 aromatic carbocycles. The average molecular weight is 344 g/mol. The average Bonchev–Trinajstić information content (AvgIpc) is 2.45. The quantitative estimate of drug-likeness (QED) is 0.720. The van der Waals surface area contributed by atoms with Crippen molar-refractivity contribution in [2.24, 2.45) is 5.92 Å². The maximum Gasteiger partial charge on any atom is 0.277 e. The van der Waals surface area contributed by atoms with E-state index in [1.165, 1.54) is 0 Å². The van der Waals surface area contributed by atoms with Gasteiger partial charge in [-0.25, -0.2) is 4.72 Å². The smallest absolute Gasteiger partial charge is 0.277 e. The van der Waals surface area contributed by atoms with Gasteiger partial charge in [0.05, 0.1) is 14.2 Å². The molecule has 0 saturated carbocycles. The first-order chi connectivity index (χ1) is 10.7. The van der Waals surface area contributed by atoms with Gasteiger partial charge in [0.2, 0.25) is 0 Å². The SMILES string of the molecule is COc1ccc(C(CNS(=O)(=O)NC(C)C)C(C)C)cc1OC. The van der Waals surface area contributed by atoms with E-state index >= 15 is 0 Å².